The third kappa shape index (κ3) is 5.41. The second-order valence-electron chi connectivity index (χ2n) is 7.66. The maximum atomic E-state index is 12.9. The number of methoxy groups -OCH3 is 1. The van der Waals surface area contributed by atoms with Crippen molar-refractivity contribution in [3.8, 4) is 11.5 Å². The predicted octanol–water partition coefficient (Wildman–Crippen LogP) is 7.13. The molecule has 0 aromatic heterocycles. The van der Waals surface area contributed by atoms with Crippen LogP contribution in [0.25, 0.3) is 6.08 Å². The van der Waals surface area contributed by atoms with Crippen molar-refractivity contribution in [3.63, 3.8) is 0 Å². The van der Waals surface area contributed by atoms with Gasteiger partial charge in [0.15, 0.2) is 11.5 Å². The first-order valence-electron chi connectivity index (χ1n) is 10.4. The number of ether oxygens (including phenoxy) is 2. The molecular weight excluding hydrogens is 493 g/mol. The third-order valence-corrected chi connectivity index (χ3v) is 6.83. The molecule has 0 radical (unpaired) electrons. The van der Waals surface area contributed by atoms with Crippen molar-refractivity contribution in [2.45, 2.75) is 20.1 Å². The Kier molecular flexibility index (Phi) is 7.51. The van der Waals surface area contributed by atoms with Gasteiger partial charge in [-0.3, -0.25) is 14.5 Å². The minimum atomic E-state index is -0.398. The molecule has 3 aromatic rings. The molecule has 0 spiro atoms. The number of carbonyl (C=O) groups excluding carboxylic acids is 2. The molecule has 0 atom stereocenters. The van der Waals surface area contributed by atoms with Crippen molar-refractivity contribution in [3.05, 3.63) is 97.9 Å². The maximum absolute atomic E-state index is 12.9. The quantitative estimate of drug-likeness (QED) is 0.314. The van der Waals surface area contributed by atoms with E-state index in [2.05, 4.69) is 6.07 Å². The lowest BCUT2D eigenvalue weighted by Crippen LogP contribution is -2.27. The zero-order valence-electron chi connectivity index (χ0n) is 18.5. The van der Waals surface area contributed by atoms with Crippen LogP contribution in [0.1, 0.15) is 22.3 Å². The monoisotopic (exact) mass is 513 g/mol. The first kappa shape index (κ1) is 24.2. The van der Waals surface area contributed by atoms with Crippen molar-refractivity contribution in [1.82, 2.24) is 4.90 Å². The summed E-state index contributed by atoms with van der Waals surface area (Å²) in [6, 6.07) is 18.5. The number of hydrogen-bond donors (Lipinski definition) is 0. The van der Waals surface area contributed by atoms with E-state index in [0.717, 1.165) is 27.8 Å². The Morgan fingerprint density at radius 1 is 0.971 bits per heavy atom. The molecule has 0 unspecified atom stereocenters. The van der Waals surface area contributed by atoms with Gasteiger partial charge in [-0.15, -0.1) is 0 Å². The summed E-state index contributed by atoms with van der Waals surface area (Å²) < 4.78 is 11.4. The molecule has 34 heavy (non-hydrogen) atoms. The summed E-state index contributed by atoms with van der Waals surface area (Å²) in [6.07, 6.45) is 1.66. The highest BCUT2D eigenvalue weighted by Crippen LogP contribution is 2.37. The molecule has 8 heteroatoms. The van der Waals surface area contributed by atoms with Gasteiger partial charge in [-0.25, -0.2) is 0 Å². The highest BCUT2D eigenvalue weighted by molar-refractivity contribution is 8.18. The van der Waals surface area contributed by atoms with Gasteiger partial charge in [-0.05, 0) is 60.2 Å². The molecule has 0 N–H and O–H groups in total. The first-order chi connectivity index (χ1) is 16.4. The van der Waals surface area contributed by atoms with Gasteiger partial charge in [0.1, 0.15) is 6.61 Å². The van der Waals surface area contributed by atoms with Gasteiger partial charge in [0.2, 0.25) is 0 Å². The van der Waals surface area contributed by atoms with Crippen LogP contribution in [0.15, 0.2) is 65.6 Å². The van der Waals surface area contributed by atoms with E-state index < -0.39 is 5.91 Å². The predicted molar refractivity (Wildman–Crippen MR) is 136 cm³/mol. The van der Waals surface area contributed by atoms with Gasteiger partial charge >= 0.3 is 0 Å². The molecule has 1 aliphatic heterocycles. The van der Waals surface area contributed by atoms with E-state index in [0.29, 0.717) is 44.2 Å². The Hall–Kier alpha value is -2.93. The number of amides is 2. The van der Waals surface area contributed by atoms with Gasteiger partial charge < -0.3 is 9.47 Å². The molecule has 1 heterocycles. The largest absolute Gasteiger partial charge is 0.493 e. The molecular formula is C26H21Cl2NO4S. The standard InChI is InChI=1S/C26H21Cl2NO4S/c1-16-5-3-6-18(11-16)15-33-22-10-9-17(12-23(22)32-2)13-24-25(30)29(26(31)34-24)14-19-20(27)7-4-8-21(19)28/h3-13H,14-15H2,1-2H3/b24-13-. The highest BCUT2D eigenvalue weighted by atomic mass is 35.5. The fourth-order valence-corrected chi connectivity index (χ4v) is 4.84. The zero-order chi connectivity index (χ0) is 24.2. The Morgan fingerprint density at radius 3 is 2.41 bits per heavy atom. The third-order valence-electron chi connectivity index (χ3n) is 5.21. The van der Waals surface area contributed by atoms with E-state index in [9.17, 15) is 9.59 Å². The topological polar surface area (TPSA) is 55.8 Å². The number of aryl methyl sites for hydroxylation is 1. The Balaban J connectivity index is 1.51. The summed E-state index contributed by atoms with van der Waals surface area (Å²) in [7, 11) is 1.56. The van der Waals surface area contributed by atoms with E-state index in [1.807, 2.05) is 31.2 Å². The fraction of sp³-hybridized carbons (Fsp3) is 0.154. The Morgan fingerprint density at radius 2 is 1.71 bits per heavy atom. The molecule has 4 rings (SSSR count). The van der Waals surface area contributed by atoms with Crippen molar-refractivity contribution >= 4 is 52.2 Å². The number of hydrogen-bond acceptors (Lipinski definition) is 5. The second kappa shape index (κ2) is 10.6. The summed E-state index contributed by atoms with van der Waals surface area (Å²) in [5.41, 5.74) is 3.46. The molecule has 3 aromatic carbocycles. The van der Waals surface area contributed by atoms with E-state index in [1.54, 1.807) is 43.5 Å². The van der Waals surface area contributed by atoms with Gasteiger partial charge in [0.25, 0.3) is 11.1 Å². The minimum Gasteiger partial charge on any atom is -0.493 e. The van der Waals surface area contributed by atoms with Crippen molar-refractivity contribution in [2.24, 2.45) is 0 Å². The molecule has 1 fully saturated rings. The van der Waals surface area contributed by atoms with Gasteiger partial charge in [0, 0.05) is 15.6 Å². The summed E-state index contributed by atoms with van der Waals surface area (Å²) in [5.74, 6) is 0.718. The summed E-state index contributed by atoms with van der Waals surface area (Å²) >= 11 is 13.3. The maximum Gasteiger partial charge on any atom is 0.293 e. The average molecular weight is 514 g/mol. The van der Waals surface area contributed by atoms with Crippen LogP contribution in [0.5, 0.6) is 11.5 Å². The normalized spacial score (nSPS) is 14.7. The number of halogens is 2. The molecule has 0 aliphatic carbocycles. The lowest BCUT2D eigenvalue weighted by Gasteiger charge is -2.14. The number of rotatable bonds is 7. The van der Waals surface area contributed by atoms with Gasteiger partial charge in [-0.2, -0.15) is 0 Å². The van der Waals surface area contributed by atoms with Crippen LogP contribution in [0.2, 0.25) is 10.0 Å². The SMILES string of the molecule is COc1cc(/C=C2\SC(=O)N(Cc3c(Cl)cccc3Cl)C2=O)ccc1OCc1cccc(C)c1. The van der Waals surface area contributed by atoms with E-state index >= 15 is 0 Å². The number of imide groups is 1. The fourth-order valence-electron chi connectivity index (χ4n) is 3.49. The lowest BCUT2D eigenvalue weighted by molar-refractivity contribution is -0.123. The minimum absolute atomic E-state index is 0.00950. The average Bonchev–Trinajstić information content (AvgIpc) is 3.07. The molecule has 1 aliphatic rings. The molecule has 2 amide bonds. The van der Waals surface area contributed by atoms with Crippen molar-refractivity contribution < 1.29 is 19.1 Å². The zero-order valence-corrected chi connectivity index (χ0v) is 20.8. The molecule has 5 nitrogen and oxygen atoms in total. The van der Waals surface area contributed by atoms with Crippen LogP contribution in [-0.4, -0.2) is 23.2 Å². The Bertz CT molecular complexity index is 1270. The van der Waals surface area contributed by atoms with E-state index in [1.165, 1.54) is 0 Å². The van der Waals surface area contributed by atoms with Crippen molar-refractivity contribution in [2.75, 3.05) is 7.11 Å². The number of benzene rings is 3. The smallest absolute Gasteiger partial charge is 0.293 e. The van der Waals surface area contributed by atoms with Crippen LogP contribution in [-0.2, 0) is 17.9 Å². The van der Waals surface area contributed by atoms with Crippen LogP contribution in [0, 0.1) is 6.92 Å². The van der Waals surface area contributed by atoms with Gasteiger partial charge in [0.05, 0.1) is 18.6 Å². The Labute approximate surface area is 212 Å². The first-order valence-corrected chi connectivity index (χ1v) is 12.0. The van der Waals surface area contributed by atoms with Crippen molar-refractivity contribution in [1.29, 1.82) is 0 Å². The molecule has 0 bridgehead atoms. The molecule has 1 saturated heterocycles. The summed E-state index contributed by atoms with van der Waals surface area (Å²) in [6.45, 7) is 2.44. The number of carbonyl (C=O) groups is 2. The van der Waals surface area contributed by atoms with Gasteiger partial charge in [-0.1, -0.05) is 65.2 Å². The lowest BCUT2D eigenvalue weighted by atomic mass is 10.1. The molecule has 0 saturated carbocycles. The number of nitrogens with zero attached hydrogens (tertiary/aromatic N) is 1. The highest BCUT2D eigenvalue weighted by Gasteiger charge is 2.35. The number of thioether (sulfide) groups is 1. The van der Waals surface area contributed by atoms with Crippen LogP contribution in [0.3, 0.4) is 0 Å². The summed E-state index contributed by atoms with van der Waals surface area (Å²) in [4.78, 5) is 26.9. The molecule has 174 valence electrons. The van der Waals surface area contributed by atoms with E-state index in [4.69, 9.17) is 32.7 Å². The van der Waals surface area contributed by atoms with E-state index in [-0.39, 0.29) is 11.8 Å². The second-order valence-corrected chi connectivity index (χ2v) is 9.46. The van der Waals surface area contributed by atoms with Crippen LogP contribution < -0.4 is 9.47 Å². The summed E-state index contributed by atoms with van der Waals surface area (Å²) in [5, 5.41) is 0.431. The van der Waals surface area contributed by atoms with Crippen LogP contribution in [0.4, 0.5) is 4.79 Å². The van der Waals surface area contributed by atoms with Crippen LogP contribution >= 0.6 is 35.0 Å².